The molecule has 0 saturated carbocycles. The van der Waals surface area contributed by atoms with Crippen molar-refractivity contribution in [3.05, 3.63) is 84.4 Å². The average Bonchev–Trinajstić information content (AvgIpc) is 3.20. The normalized spacial score (nSPS) is 19.7. The van der Waals surface area contributed by atoms with Gasteiger partial charge in [0.25, 0.3) is 0 Å². The summed E-state index contributed by atoms with van der Waals surface area (Å²) in [5.74, 6) is 0. The van der Waals surface area contributed by atoms with Gasteiger partial charge in [0.2, 0.25) is 0 Å². The Morgan fingerprint density at radius 1 is 1.11 bits per heavy atom. The first-order valence-corrected chi connectivity index (χ1v) is 13.8. The summed E-state index contributed by atoms with van der Waals surface area (Å²) in [5, 5.41) is 4.69. The van der Waals surface area contributed by atoms with Crippen molar-refractivity contribution in [2.75, 3.05) is 25.5 Å². The number of allylic oxidation sites excluding steroid dienone is 5. The fourth-order valence-corrected chi connectivity index (χ4v) is 5.10. The lowest BCUT2D eigenvalue weighted by molar-refractivity contribution is 0.255. The summed E-state index contributed by atoms with van der Waals surface area (Å²) < 4.78 is 2.35. The maximum absolute atomic E-state index is 5.33. The summed E-state index contributed by atoms with van der Waals surface area (Å²) in [6.07, 6.45) is 20.6. The predicted molar refractivity (Wildman–Crippen MR) is 161 cm³/mol. The van der Waals surface area contributed by atoms with Gasteiger partial charge in [-0.1, -0.05) is 44.2 Å². The van der Waals surface area contributed by atoms with E-state index in [1.54, 1.807) is 0 Å². The largest absolute Gasteiger partial charge is 0.373 e. The molecule has 1 fully saturated rings. The van der Waals surface area contributed by atoms with Crippen LogP contribution in [0.1, 0.15) is 39.5 Å². The van der Waals surface area contributed by atoms with Gasteiger partial charge in [-0.15, -0.1) is 0 Å². The molecule has 4 aliphatic rings. The lowest BCUT2D eigenvalue weighted by Crippen LogP contribution is -2.33. The van der Waals surface area contributed by atoms with E-state index in [2.05, 4.69) is 107 Å². The molecule has 1 aromatic carbocycles. The minimum Gasteiger partial charge on any atom is -0.373 e. The van der Waals surface area contributed by atoms with Crippen molar-refractivity contribution in [2.45, 2.75) is 51.6 Å². The molecule has 38 heavy (non-hydrogen) atoms. The van der Waals surface area contributed by atoms with Crippen molar-refractivity contribution >= 4 is 28.6 Å². The van der Waals surface area contributed by atoms with Gasteiger partial charge in [-0.2, -0.15) is 0 Å². The summed E-state index contributed by atoms with van der Waals surface area (Å²) in [6.45, 7) is 6.51. The van der Waals surface area contributed by atoms with Crippen LogP contribution in [0, 0.1) is 0 Å². The summed E-state index contributed by atoms with van der Waals surface area (Å²) in [5.41, 5.74) is 6.24. The lowest BCUT2D eigenvalue weighted by atomic mass is 10.1. The Bertz CT molecular complexity index is 1430. The van der Waals surface area contributed by atoms with Crippen molar-refractivity contribution in [3.63, 3.8) is 0 Å². The first-order chi connectivity index (χ1) is 18.7. The van der Waals surface area contributed by atoms with Crippen molar-refractivity contribution in [1.29, 1.82) is 0 Å². The number of fused-ring (bicyclic) bond motifs is 2. The third kappa shape index (κ3) is 5.86. The van der Waals surface area contributed by atoms with E-state index in [0.29, 0.717) is 6.04 Å². The highest BCUT2D eigenvalue weighted by Crippen LogP contribution is 2.30. The molecule has 5 rings (SSSR count). The Labute approximate surface area is 225 Å². The number of aromatic nitrogens is 2. The van der Waals surface area contributed by atoms with Gasteiger partial charge in [0.15, 0.2) is 0 Å². The van der Waals surface area contributed by atoms with E-state index in [9.17, 15) is 0 Å². The maximum atomic E-state index is 5.33. The Kier molecular flexibility index (Phi) is 8.29. The van der Waals surface area contributed by atoms with Gasteiger partial charge in [-0.25, -0.2) is 4.98 Å². The van der Waals surface area contributed by atoms with Gasteiger partial charge in [0, 0.05) is 18.1 Å². The molecule has 6 heteroatoms. The van der Waals surface area contributed by atoms with Gasteiger partial charge in [-0.05, 0) is 88.3 Å². The van der Waals surface area contributed by atoms with E-state index in [1.165, 1.54) is 0 Å². The minimum absolute atomic E-state index is 0.0250. The Morgan fingerprint density at radius 2 is 1.95 bits per heavy atom. The SMILES string of the molecule is CC/C=C\C(=C/CC)n1c2cc(=NC3CCN(C)CC3)c(NC3C=CC=NC=C3)cc-2nc2ccccc21. The first-order valence-electron chi connectivity index (χ1n) is 13.8. The number of likely N-dealkylation sites (tertiary alicyclic amines) is 1. The molecule has 1 aromatic rings. The molecule has 1 atom stereocenters. The maximum Gasteiger partial charge on any atom is 0.0900 e. The Morgan fingerprint density at radius 3 is 2.76 bits per heavy atom. The second kappa shape index (κ2) is 12.2. The molecule has 0 spiro atoms. The molecular formula is C32H38N6. The highest BCUT2D eigenvalue weighted by molar-refractivity contribution is 5.87. The third-order valence-corrected chi connectivity index (χ3v) is 7.10. The summed E-state index contributed by atoms with van der Waals surface area (Å²) in [4.78, 5) is 17.1. The zero-order valence-corrected chi connectivity index (χ0v) is 22.7. The van der Waals surface area contributed by atoms with Crippen molar-refractivity contribution < 1.29 is 0 Å². The van der Waals surface area contributed by atoms with Crippen molar-refractivity contribution in [3.8, 4) is 11.4 Å². The number of para-hydroxylation sites is 2. The number of piperidine rings is 1. The van der Waals surface area contributed by atoms with Crippen LogP contribution in [-0.4, -0.2) is 52.9 Å². The fourth-order valence-electron chi connectivity index (χ4n) is 5.10. The summed E-state index contributed by atoms with van der Waals surface area (Å²) in [7, 11) is 2.19. The second-order valence-corrected chi connectivity index (χ2v) is 10.0. The van der Waals surface area contributed by atoms with E-state index in [-0.39, 0.29) is 6.04 Å². The lowest BCUT2D eigenvalue weighted by Gasteiger charge is -2.27. The molecule has 1 saturated heterocycles. The average molecular weight is 507 g/mol. The monoisotopic (exact) mass is 506 g/mol. The molecule has 6 nitrogen and oxygen atoms in total. The van der Waals surface area contributed by atoms with E-state index in [1.807, 2.05) is 18.5 Å². The van der Waals surface area contributed by atoms with Gasteiger partial charge < -0.3 is 14.8 Å². The highest BCUT2D eigenvalue weighted by atomic mass is 15.1. The number of nitrogens with zero attached hydrogens (tertiary/aromatic N) is 5. The number of benzene rings is 2. The van der Waals surface area contributed by atoms with E-state index < -0.39 is 0 Å². The Balaban J connectivity index is 1.74. The number of hydrogen-bond donors (Lipinski definition) is 1. The minimum atomic E-state index is 0.0250. The number of aliphatic imine (C=N–C) groups is 1. The smallest absolute Gasteiger partial charge is 0.0900 e. The van der Waals surface area contributed by atoms with Gasteiger partial charge >= 0.3 is 0 Å². The van der Waals surface area contributed by atoms with Crippen molar-refractivity contribution in [2.24, 2.45) is 9.98 Å². The standard InChI is InChI=1S/C32H38N6/c1-4-6-12-26(10-5-2)38-31-14-8-7-13-27(31)36-30-22-28(34-24-11-9-18-33-19-15-24)29(23-32(30)38)35-25-16-20-37(3)21-17-25/h6-15,18-19,22-25,34H,4-5,16-17,20-21H2,1-3H3/b12-6-,26-10+,35-29?. The molecule has 196 valence electrons. The predicted octanol–water partition coefficient (Wildman–Crippen LogP) is 6.29. The quantitative estimate of drug-likeness (QED) is 0.303. The van der Waals surface area contributed by atoms with Crippen LogP contribution in [0.4, 0.5) is 5.69 Å². The molecule has 0 bridgehead atoms. The van der Waals surface area contributed by atoms with Crippen LogP contribution < -0.4 is 10.7 Å². The highest BCUT2D eigenvalue weighted by Gasteiger charge is 2.20. The van der Waals surface area contributed by atoms with Gasteiger partial charge in [0.05, 0.1) is 45.5 Å². The van der Waals surface area contributed by atoms with Crippen LogP contribution in [0.3, 0.4) is 0 Å². The van der Waals surface area contributed by atoms with Crippen LogP contribution in [0.25, 0.3) is 28.1 Å². The van der Waals surface area contributed by atoms with Crippen LogP contribution in [0.5, 0.6) is 0 Å². The molecule has 1 aliphatic carbocycles. The van der Waals surface area contributed by atoms with E-state index in [4.69, 9.17) is 9.98 Å². The molecule has 1 N–H and O–H groups in total. The van der Waals surface area contributed by atoms with Gasteiger partial charge in [-0.3, -0.25) is 9.98 Å². The summed E-state index contributed by atoms with van der Waals surface area (Å²) >= 11 is 0. The third-order valence-electron chi connectivity index (χ3n) is 7.10. The molecule has 1 unspecified atom stereocenters. The molecular weight excluding hydrogens is 468 g/mol. The number of hydrogen-bond acceptors (Lipinski definition) is 5. The Hall–Kier alpha value is -3.77. The first kappa shape index (κ1) is 25.9. The van der Waals surface area contributed by atoms with Crippen LogP contribution in [-0.2, 0) is 0 Å². The fraction of sp³-hybridized carbons (Fsp3) is 0.344. The molecule has 3 aliphatic heterocycles. The van der Waals surface area contributed by atoms with Crippen LogP contribution >= 0.6 is 0 Å². The number of nitrogens with one attached hydrogen (secondary N) is 1. The van der Waals surface area contributed by atoms with Crippen LogP contribution in [0.2, 0.25) is 0 Å². The number of anilines is 1. The number of rotatable bonds is 7. The molecule has 0 radical (unpaired) electrons. The van der Waals surface area contributed by atoms with Crippen molar-refractivity contribution in [1.82, 2.24) is 14.5 Å². The van der Waals surface area contributed by atoms with Gasteiger partial charge in [0.1, 0.15) is 0 Å². The second-order valence-electron chi connectivity index (χ2n) is 10.0. The molecule has 3 heterocycles. The zero-order chi connectivity index (χ0) is 26.3. The zero-order valence-electron chi connectivity index (χ0n) is 22.7. The van der Waals surface area contributed by atoms with E-state index in [0.717, 1.165) is 77.9 Å². The van der Waals surface area contributed by atoms with Crippen LogP contribution in [0.15, 0.2) is 89.0 Å². The topological polar surface area (TPSA) is 57.8 Å². The molecule has 0 amide bonds. The molecule has 0 aromatic heterocycles. The van der Waals surface area contributed by atoms with E-state index >= 15 is 0 Å². The summed E-state index contributed by atoms with van der Waals surface area (Å²) in [6, 6.07) is 13.1.